The van der Waals surface area contributed by atoms with Crippen molar-refractivity contribution in [3.63, 3.8) is 0 Å². The molecule has 0 spiro atoms. The molecule has 0 aliphatic rings. The van der Waals surface area contributed by atoms with Gasteiger partial charge in [0, 0.05) is 5.56 Å². The molecule has 8 rings (SSSR count). The summed E-state index contributed by atoms with van der Waals surface area (Å²) in [5, 5.41) is 9.78. The second kappa shape index (κ2) is 9.11. The summed E-state index contributed by atoms with van der Waals surface area (Å²) in [5.74, 6) is 0.668. The third-order valence-corrected chi connectivity index (χ3v) is 7.85. The smallest absolute Gasteiger partial charge is 0.162 e. The molecule has 1 aromatic heterocycles. The van der Waals surface area contributed by atoms with Crippen LogP contribution in [0.15, 0.2) is 140 Å². The predicted molar refractivity (Wildman–Crippen MR) is 166 cm³/mol. The van der Waals surface area contributed by atoms with Crippen molar-refractivity contribution in [1.29, 1.82) is 0 Å². The lowest BCUT2D eigenvalue weighted by molar-refractivity contribution is 1.06. The molecule has 0 aliphatic heterocycles. The van der Waals surface area contributed by atoms with Crippen LogP contribution in [0.1, 0.15) is 0 Å². The summed E-state index contributed by atoms with van der Waals surface area (Å²) < 4.78 is 0. The van der Waals surface area contributed by atoms with E-state index in [1.165, 1.54) is 65.3 Å². The van der Waals surface area contributed by atoms with Gasteiger partial charge in [-0.25, -0.2) is 15.0 Å². The van der Waals surface area contributed by atoms with Gasteiger partial charge < -0.3 is 0 Å². The summed E-state index contributed by atoms with van der Waals surface area (Å²) in [5.41, 5.74) is 5.83. The first-order valence-corrected chi connectivity index (χ1v) is 13.4. The van der Waals surface area contributed by atoms with Crippen LogP contribution in [-0.4, -0.2) is 15.0 Å². The largest absolute Gasteiger partial charge is 0.225 e. The summed E-state index contributed by atoms with van der Waals surface area (Å²) in [4.78, 5) is 12.9. The van der Waals surface area contributed by atoms with Crippen molar-refractivity contribution in [2.75, 3.05) is 0 Å². The van der Waals surface area contributed by atoms with Gasteiger partial charge in [-0.05, 0) is 83.5 Å². The quantitative estimate of drug-likeness (QED) is 0.223. The molecule has 8 aromatic rings. The third-order valence-electron chi connectivity index (χ3n) is 7.85. The number of aromatic nitrogens is 3. The first-order chi connectivity index (χ1) is 19.8. The summed E-state index contributed by atoms with van der Waals surface area (Å²) in [6.45, 7) is 0. The Bertz CT molecular complexity index is 2220. The van der Waals surface area contributed by atoms with Crippen molar-refractivity contribution in [1.82, 2.24) is 15.0 Å². The number of hydrogen-bond donors (Lipinski definition) is 0. The lowest BCUT2D eigenvalue weighted by atomic mass is 9.84. The molecule has 0 fully saturated rings. The van der Waals surface area contributed by atoms with Gasteiger partial charge in [0.2, 0.25) is 0 Å². The Morgan fingerprint density at radius 3 is 1.43 bits per heavy atom. The van der Waals surface area contributed by atoms with Gasteiger partial charge >= 0.3 is 0 Å². The molecule has 186 valence electrons. The van der Waals surface area contributed by atoms with E-state index in [0.29, 0.717) is 5.82 Å². The number of fused-ring (bicyclic) bond motifs is 4. The zero-order chi connectivity index (χ0) is 26.5. The monoisotopic (exact) mass is 509 g/mol. The van der Waals surface area contributed by atoms with Crippen molar-refractivity contribution < 1.29 is 0 Å². The first-order valence-electron chi connectivity index (χ1n) is 13.4. The van der Waals surface area contributed by atoms with Crippen LogP contribution in [0.2, 0.25) is 0 Å². The molecule has 0 N–H and O–H groups in total. The van der Waals surface area contributed by atoms with Gasteiger partial charge in [0.15, 0.2) is 5.82 Å². The molecule has 3 nitrogen and oxygen atoms in total. The zero-order valence-corrected chi connectivity index (χ0v) is 21.6. The summed E-state index contributed by atoms with van der Waals surface area (Å²) in [7, 11) is 0. The average Bonchev–Trinajstić information content (AvgIpc) is 3.03. The fraction of sp³-hybridized carbons (Fsp3) is 0. The van der Waals surface area contributed by atoms with E-state index in [2.05, 4.69) is 142 Å². The van der Waals surface area contributed by atoms with E-state index in [0.717, 1.165) is 5.56 Å². The highest BCUT2D eigenvalue weighted by molar-refractivity contribution is 6.22. The van der Waals surface area contributed by atoms with Gasteiger partial charge in [-0.1, -0.05) is 109 Å². The number of rotatable bonds is 3. The molecule has 0 aliphatic carbocycles. The molecular weight excluding hydrogens is 486 g/mol. The highest BCUT2D eigenvalue weighted by Crippen LogP contribution is 2.45. The van der Waals surface area contributed by atoms with Crippen LogP contribution in [0, 0.1) is 0 Å². The van der Waals surface area contributed by atoms with Crippen LogP contribution < -0.4 is 0 Å². The van der Waals surface area contributed by atoms with Crippen LogP contribution in [0.5, 0.6) is 0 Å². The van der Waals surface area contributed by atoms with Crippen molar-refractivity contribution in [3.8, 4) is 33.6 Å². The molecule has 1 heterocycles. The average molecular weight is 510 g/mol. The van der Waals surface area contributed by atoms with Crippen LogP contribution in [0.3, 0.4) is 0 Å². The molecular formula is C37H23N3. The van der Waals surface area contributed by atoms with Gasteiger partial charge in [0.25, 0.3) is 0 Å². The number of hydrogen-bond acceptors (Lipinski definition) is 3. The molecule has 0 saturated heterocycles. The molecule has 0 unspecified atom stereocenters. The second-order valence-corrected chi connectivity index (χ2v) is 10.1. The van der Waals surface area contributed by atoms with E-state index in [1.807, 2.05) is 0 Å². The van der Waals surface area contributed by atoms with E-state index >= 15 is 0 Å². The molecule has 0 atom stereocenters. The SMILES string of the molecule is c1ccc2cc(-c3c4ccccc4c(-c4ccc5ccccc5c4)c4cc(-c5ncncn5)ccc34)ccc2c1. The van der Waals surface area contributed by atoms with Gasteiger partial charge in [-0.2, -0.15) is 0 Å². The summed E-state index contributed by atoms with van der Waals surface area (Å²) >= 11 is 0. The van der Waals surface area contributed by atoms with Crippen LogP contribution in [0.25, 0.3) is 76.7 Å². The topological polar surface area (TPSA) is 38.7 Å². The standard InChI is InChI=1S/C37H23N3/c1-3-9-26-19-28(15-13-24(26)7-1)35-31-11-5-6-12-32(31)36(29-16-14-25-8-2-4-10-27(25)20-29)34-21-30(17-18-33(34)35)37-39-22-38-23-40-37/h1-23H. The van der Waals surface area contributed by atoms with E-state index < -0.39 is 0 Å². The lowest BCUT2D eigenvalue weighted by Gasteiger charge is -2.19. The maximum atomic E-state index is 4.45. The molecule has 7 aromatic carbocycles. The van der Waals surface area contributed by atoms with E-state index in [4.69, 9.17) is 0 Å². The molecule has 0 bridgehead atoms. The van der Waals surface area contributed by atoms with Crippen molar-refractivity contribution in [2.24, 2.45) is 0 Å². The van der Waals surface area contributed by atoms with Gasteiger partial charge in [0.05, 0.1) is 0 Å². The minimum absolute atomic E-state index is 0.668. The fourth-order valence-corrected chi connectivity index (χ4v) is 6.02. The maximum absolute atomic E-state index is 4.45. The Kier molecular flexibility index (Phi) is 5.14. The van der Waals surface area contributed by atoms with E-state index in [-0.39, 0.29) is 0 Å². The van der Waals surface area contributed by atoms with Crippen molar-refractivity contribution >= 4 is 43.1 Å². The molecule has 3 heteroatoms. The van der Waals surface area contributed by atoms with Gasteiger partial charge in [0.1, 0.15) is 12.7 Å². The normalized spacial score (nSPS) is 11.5. The highest BCUT2D eigenvalue weighted by atomic mass is 15.0. The lowest BCUT2D eigenvalue weighted by Crippen LogP contribution is -1.93. The minimum atomic E-state index is 0.668. The molecule has 0 radical (unpaired) electrons. The number of nitrogens with zero attached hydrogens (tertiary/aromatic N) is 3. The Morgan fingerprint density at radius 2 is 0.825 bits per heavy atom. The fourth-order valence-electron chi connectivity index (χ4n) is 6.02. The maximum Gasteiger partial charge on any atom is 0.162 e. The summed E-state index contributed by atoms with van der Waals surface area (Å²) in [6, 6.07) is 46.0. The Hall–Kier alpha value is -5.41. The predicted octanol–water partition coefficient (Wildman–Crippen LogP) is 9.49. The summed E-state index contributed by atoms with van der Waals surface area (Å²) in [6.07, 6.45) is 3.11. The van der Waals surface area contributed by atoms with Gasteiger partial charge in [-0.3, -0.25) is 0 Å². The van der Waals surface area contributed by atoms with E-state index in [9.17, 15) is 0 Å². The Balaban J connectivity index is 1.51. The van der Waals surface area contributed by atoms with Crippen molar-refractivity contribution in [3.05, 3.63) is 140 Å². The third kappa shape index (κ3) is 3.63. The minimum Gasteiger partial charge on any atom is -0.225 e. The van der Waals surface area contributed by atoms with Crippen LogP contribution >= 0.6 is 0 Å². The van der Waals surface area contributed by atoms with Crippen LogP contribution in [-0.2, 0) is 0 Å². The van der Waals surface area contributed by atoms with Gasteiger partial charge in [-0.15, -0.1) is 0 Å². The second-order valence-electron chi connectivity index (χ2n) is 10.1. The molecule has 0 saturated carbocycles. The Morgan fingerprint density at radius 1 is 0.350 bits per heavy atom. The van der Waals surface area contributed by atoms with Crippen molar-refractivity contribution in [2.45, 2.75) is 0 Å². The van der Waals surface area contributed by atoms with E-state index in [1.54, 1.807) is 12.7 Å². The zero-order valence-electron chi connectivity index (χ0n) is 21.6. The van der Waals surface area contributed by atoms with Crippen LogP contribution in [0.4, 0.5) is 0 Å². The first kappa shape index (κ1) is 22.6. The number of benzene rings is 7. The Labute approximate surface area is 231 Å². The molecule has 40 heavy (non-hydrogen) atoms. The molecule has 0 amide bonds. The highest BCUT2D eigenvalue weighted by Gasteiger charge is 2.18.